The molecule has 0 fully saturated rings. The Bertz CT molecular complexity index is 591. The first kappa shape index (κ1) is 11.6. The molecule has 0 aromatic carbocycles. The van der Waals surface area contributed by atoms with E-state index in [4.69, 9.17) is 11.6 Å². The first-order valence-corrected chi connectivity index (χ1v) is 5.35. The number of nitrogens with one attached hydrogen (secondary N) is 1. The van der Waals surface area contributed by atoms with Crippen LogP contribution in [0.2, 0.25) is 5.02 Å². The first-order valence-electron chi connectivity index (χ1n) is 4.97. The molecule has 88 valence electrons. The molecule has 17 heavy (non-hydrogen) atoms. The van der Waals surface area contributed by atoms with Crippen molar-refractivity contribution in [2.45, 2.75) is 6.92 Å². The number of halogens is 1. The number of nitrogens with zero attached hydrogens (tertiary/aromatic N) is 1. The van der Waals surface area contributed by atoms with Crippen molar-refractivity contribution in [1.82, 2.24) is 9.97 Å². The third kappa shape index (κ3) is 2.14. The van der Waals surface area contributed by atoms with E-state index in [0.29, 0.717) is 16.1 Å². The molecule has 0 saturated heterocycles. The van der Waals surface area contributed by atoms with Crippen LogP contribution in [0.1, 0.15) is 17.3 Å². The summed E-state index contributed by atoms with van der Waals surface area (Å²) in [6.07, 6.45) is 2.88. The summed E-state index contributed by atoms with van der Waals surface area (Å²) in [5, 5.41) is 0.908. The molecule has 2 aromatic rings. The lowest BCUT2D eigenvalue weighted by atomic mass is 10.1. The number of ketones is 1. The highest BCUT2D eigenvalue weighted by molar-refractivity contribution is 6.43. The summed E-state index contributed by atoms with van der Waals surface area (Å²) >= 11 is 5.79. The maximum Gasteiger partial charge on any atom is 0.379 e. The minimum atomic E-state index is -0.881. The fourth-order valence-electron chi connectivity index (χ4n) is 1.47. The van der Waals surface area contributed by atoms with Crippen molar-refractivity contribution in [2.24, 2.45) is 0 Å². The van der Waals surface area contributed by atoms with E-state index in [9.17, 15) is 9.59 Å². The Morgan fingerprint density at radius 1 is 1.53 bits per heavy atom. The van der Waals surface area contributed by atoms with E-state index in [1.807, 2.05) is 0 Å². The molecule has 0 aliphatic rings. The van der Waals surface area contributed by atoms with Crippen molar-refractivity contribution in [2.75, 3.05) is 6.61 Å². The third-order valence-corrected chi connectivity index (χ3v) is 2.41. The number of aromatic amines is 1. The zero-order valence-corrected chi connectivity index (χ0v) is 9.75. The number of hydrogen-bond donors (Lipinski definition) is 1. The number of fused-ring (bicyclic) bond motifs is 1. The smallest absolute Gasteiger partial charge is 0.379 e. The summed E-state index contributed by atoms with van der Waals surface area (Å²) in [6.45, 7) is 1.80. The second kappa shape index (κ2) is 4.55. The fraction of sp³-hybridized carbons (Fsp3) is 0.182. The van der Waals surface area contributed by atoms with Crippen LogP contribution < -0.4 is 0 Å². The van der Waals surface area contributed by atoms with Gasteiger partial charge in [0.2, 0.25) is 0 Å². The van der Waals surface area contributed by atoms with Gasteiger partial charge in [-0.05, 0) is 13.0 Å². The second-order valence-corrected chi connectivity index (χ2v) is 3.74. The molecule has 0 aliphatic heterocycles. The summed E-state index contributed by atoms with van der Waals surface area (Å²) < 4.78 is 4.65. The lowest BCUT2D eigenvalue weighted by molar-refractivity contribution is -0.137. The summed E-state index contributed by atoms with van der Waals surface area (Å²) in [5.74, 6) is -1.59. The molecule has 0 amide bonds. The monoisotopic (exact) mass is 252 g/mol. The molecule has 0 radical (unpaired) electrons. The molecule has 0 aliphatic carbocycles. The molecule has 0 spiro atoms. The van der Waals surface area contributed by atoms with Crippen molar-refractivity contribution in [3.63, 3.8) is 0 Å². The SMILES string of the molecule is CCOC(=O)C(=O)c1c[nH]c2ncc(Cl)cc12. The quantitative estimate of drug-likeness (QED) is 0.515. The third-order valence-electron chi connectivity index (χ3n) is 2.20. The Balaban J connectivity index is 2.45. The molecule has 2 aromatic heterocycles. The standard InChI is InChI=1S/C11H9ClN2O3/c1-2-17-11(16)9(15)8-5-14-10-7(8)3-6(12)4-13-10/h3-5H,2H2,1H3,(H,13,14). The Labute approximate surface area is 102 Å². The number of aromatic nitrogens is 2. The number of Topliss-reactive ketones (excluding diaryl/α,β-unsaturated/α-hetero) is 1. The summed E-state index contributed by atoms with van der Waals surface area (Å²) in [7, 11) is 0. The molecule has 1 N–H and O–H groups in total. The normalized spacial score (nSPS) is 10.5. The first-order chi connectivity index (χ1) is 8.13. The number of ether oxygens (including phenoxy) is 1. The number of rotatable bonds is 3. The van der Waals surface area contributed by atoms with Crippen LogP contribution in [0, 0.1) is 0 Å². The number of hydrogen-bond acceptors (Lipinski definition) is 4. The maximum atomic E-state index is 11.8. The largest absolute Gasteiger partial charge is 0.460 e. The van der Waals surface area contributed by atoms with E-state index < -0.39 is 11.8 Å². The van der Waals surface area contributed by atoms with Gasteiger partial charge in [-0.1, -0.05) is 11.6 Å². The van der Waals surface area contributed by atoms with Gasteiger partial charge in [-0.3, -0.25) is 4.79 Å². The molecule has 0 atom stereocenters. The summed E-state index contributed by atoms with van der Waals surface area (Å²) in [6, 6.07) is 1.58. The highest BCUT2D eigenvalue weighted by atomic mass is 35.5. The van der Waals surface area contributed by atoms with E-state index in [-0.39, 0.29) is 12.2 Å². The Hall–Kier alpha value is -1.88. The molecule has 2 rings (SSSR count). The number of H-pyrrole nitrogens is 1. The van der Waals surface area contributed by atoms with E-state index >= 15 is 0 Å². The van der Waals surface area contributed by atoms with E-state index in [1.165, 1.54) is 12.4 Å². The molecule has 0 bridgehead atoms. The number of esters is 1. The average molecular weight is 253 g/mol. The van der Waals surface area contributed by atoms with Crippen LogP contribution in [0.4, 0.5) is 0 Å². The number of carbonyl (C=O) groups excluding carboxylic acids is 2. The van der Waals surface area contributed by atoms with Crippen LogP contribution in [0.3, 0.4) is 0 Å². The van der Waals surface area contributed by atoms with E-state index in [2.05, 4.69) is 14.7 Å². The van der Waals surface area contributed by atoms with Gasteiger partial charge >= 0.3 is 5.97 Å². The van der Waals surface area contributed by atoms with Crippen LogP contribution in [-0.4, -0.2) is 28.3 Å². The van der Waals surface area contributed by atoms with Gasteiger partial charge in [0.15, 0.2) is 0 Å². The fourth-order valence-corrected chi connectivity index (χ4v) is 1.63. The van der Waals surface area contributed by atoms with E-state index in [0.717, 1.165) is 0 Å². The zero-order valence-electron chi connectivity index (χ0n) is 8.99. The predicted octanol–water partition coefficient (Wildman–Crippen LogP) is 1.96. The van der Waals surface area contributed by atoms with Crippen LogP contribution >= 0.6 is 11.6 Å². The van der Waals surface area contributed by atoms with Crippen molar-refractivity contribution in [1.29, 1.82) is 0 Å². The van der Waals surface area contributed by atoms with Crippen molar-refractivity contribution in [3.05, 3.63) is 29.0 Å². The second-order valence-electron chi connectivity index (χ2n) is 3.30. The molecule has 6 heteroatoms. The van der Waals surface area contributed by atoms with Gasteiger partial charge in [-0.15, -0.1) is 0 Å². The van der Waals surface area contributed by atoms with Gasteiger partial charge in [0.25, 0.3) is 5.78 Å². The zero-order chi connectivity index (χ0) is 12.4. The average Bonchev–Trinajstić information content (AvgIpc) is 2.71. The van der Waals surface area contributed by atoms with Gasteiger partial charge in [-0.25, -0.2) is 9.78 Å². The number of pyridine rings is 1. The molecular formula is C11H9ClN2O3. The molecular weight excluding hydrogens is 244 g/mol. The van der Waals surface area contributed by atoms with Gasteiger partial charge < -0.3 is 9.72 Å². The minimum absolute atomic E-state index is 0.159. The van der Waals surface area contributed by atoms with Crippen molar-refractivity contribution in [3.8, 4) is 0 Å². The topological polar surface area (TPSA) is 72.1 Å². The van der Waals surface area contributed by atoms with Crippen LogP contribution in [0.5, 0.6) is 0 Å². The lowest BCUT2D eigenvalue weighted by Gasteiger charge is -1.99. The minimum Gasteiger partial charge on any atom is -0.460 e. The lowest BCUT2D eigenvalue weighted by Crippen LogP contribution is -2.17. The highest BCUT2D eigenvalue weighted by Gasteiger charge is 2.21. The Morgan fingerprint density at radius 3 is 3.00 bits per heavy atom. The van der Waals surface area contributed by atoms with Crippen molar-refractivity contribution < 1.29 is 14.3 Å². The van der Waals surface area contributed by atoms with Gasteiger partial charge in [0, 0.05) is 17.8 Å². The van der Waals surface area contributed by atoms with Crippen LogP contribution in [0.15, 0.2) is 18.5 Å². The number of carbonyl (C=O) groups is 2. The molecule has 0 saturated carbocycles. The van der Waals surface area contributed by atoms with Crippen molar-refractivity contribution >= 4 is 34.4 Å². The van der Waals surface area contributed by atoms with Gasteiger partial charge in [0.05, 0.1) is 17.2 Å². The van der Waals surface area contributed by atoms with Crippen LogP contribution in [0.25, 0.3) is 11.0 Å². The maximum absolute atomic E-state index is 11.8. The van der Waals surface area contributed by atoms with Gasteiger partial charge in [-0.2, -0.15) is 0 Å². The molecule has 0 unspecified atom stereocenters. The highest BCUT2D eigenvalue weighted by Crippen LogP contribution is 2.20. The Kier molecular flexibility index (Phi) is 3.10. The Morgan fingerprint density at radius 2 is 2.29 bits per heavy atom. The predicted molar refractivity (Wildman–Crippen MR) is 62.1 cm³/mol. The van der Waals surface area contributed by atoms with Crippen LogP contribution in [-0.2, 0) is 9.53 Å². The molecule has 5 nitrogen and oxygen atoms in total. The van der Waals surface area contributed by atoms with E-state index in [1.54, 1.807) is 13.0 Å². The summed E-state index contributed by atoms with van der Waals surface area (Å²) in [4.78, 5) is 29.9. The molecule has 2 heterocycles. The summed E-state index contributed by atoms with van der Waals surface area (Å²) in [5.41, 5.74) is 0.718. The van der Waals surface area contributed by atoms with Gasteiger partial charge in [0.1, 0.15) is 5.65 Å².